The molecular formula is C24H28FN5O2. The van der Waals surface area contributed by atoms with Crippen LogP contribution in [0.1, 0.15) is 44.1 Å². The number of anilines is 3. The van der Waals surface area contributed by atoms with E-state index >= 15 is 0 Å². The van der Waals surface area contributed by atoms with Crippen molar-refractivity contribution in [2.24, 2.45) is 0 Å². The van der Waals surface area contributed by atoms with E-state index in [0.29, 0.717) is 11.9 Å². The number of nitrogens with one attached hydrogen (secondary N) is 2. The maximum atomic E-state index is 14.1. The summed E-state index contributed by atoms with van der Waals surface area (Å²) < 4.78 is 25.1. The Labute approximate surface area is 187 Å². The average molecular weight is 438 g/mol. The number of halogens is 1. The van der Waals surface area contributed by atoms with Crippen molar-refractivity contribution in [3.8, 4) is 17.5 Å². The highest BCUT2D eigenvalue weighted by Crippen LogP contribution is 2.27. The molecule has 0 aliphatic heterocycles. The summed E-state index contributed by atoms with van der Waals surface area (Å²) in [5.41, 5.74) is 1.78. The highest BCUT2D eigenvalue weighted by molar-refractivity contribution is 5.58. The van der Waals surface area contributed by atoms with Crippen LogP contribution in [0.4, 0.5) is 22.0 Å². The van der Waals surface area contributed by atoms with E-state index in [-0.39, 0.29) is 17.8 Å². The molecule has 168 valence electrons. The van der Waals surface area contributed by atoms with E-state index in [1.807, 2.05) is 25.1 Å². The van der Waals surface area contributed by atoms with Crippen LogP contribution in [0.2, 0.25) is 0 Å². The minimum Gasteiger partial charge on any atom is -0.496 e. The molecule has 8 heteroatoms. The lowest BCUT2D eigenvalue weighted by Crippen LogP contribution is -2.20. The van der Waals surface area contributed by atoms with Gasteiger partial charge in [-0.15, -0.1) is 0 Å². The zero-order chi connectivity index (χ0) is 22.3. The van der Waals surface area contributed by atoms with Crippen LogP contribution in [0.3, 0.4) is 0 Å². The first kappa shape index (κ1) is 21.8. The Bertz CT molecular complexity index is 1050. The molecule has 1 saturated carbocycles. The molecule has 1 aliphatic carbocycles. The number of para-hydroxylation sites is 1. The van der Waals surface area contributed by atoms with Gasteiger partial charge in [-0.2, -0.15) is 15.0 Å². The third-order valence-electron chi connectivity index (χ3n) is 5.49. The lowest BCUT2D eigenvalue weighted by molar-refractivity contribution is 0.410. The smallest absolute Gasteiger partial charge is 0.328 e. The van der Waals surface area contributed by atoms with Gasteiger partial charge in [-0.1, -0.05) is 37.8 Å². The van der Waals surface area contributed by atoms with E-state index in [1.165, 1.54) is 37.8 Å². The molecule has 4 rings (SSSR count). The van der Waals surface area contributed by atoms with Crippen molar-refractivity contribution >= 4 is 17.6 Å². The Hall–Kier alpha value is -3.42. The van der Waals surface area contributed by atoms with E-state index in [2.05, 4.69) is 25.6 Å². The third-order valence-corrected chi connectivity index (χ3v) is 5.49. The fraction of sp³-hybridized carbons (Fsp3) is 0.375. The summed E-state index contributed by atoms with van der Waals surface area (Å²) in [6.07, 6.45) is 6.99. The number of ether oxygens (including phenoxy) is 2. The standard InChI is InChI=1S/C24H28FN5O2/c1-16-15-18(13-14-20(16)31-2)27-23-28-22(26-17-9-5-3-4-6-10-17)29-24(30-23)32-21-12-8-7-11-19(21)25/h7-8,11-15,17H,3-6,9-10H2,1-2H3,(H2,26,27,28,29,30). The molecule has 0 radical (unpaired) electrons. The van der Waals surface area contributed by atoms with Gasteiger partial charge in [-0.3, -0.25) is 0 Å². The number of nitrogens with zero attached hydrogens (tertiary/aromatic N) is 3. The zero-order valence-corrected chi connectivity index (χ0v) is 18.4. The highest BCUT2D eigenvalue weighted by Gasteiger charge is 2.16. The molecular weight excluding hydrogens is 409 g/mol. The Balaban J connectivity index is 1.61. The normalized spacial score (nSPS) is 14.5. The molecule has 3 aromatic rings. The van der Waals surface area contributed by atoms with Gasteiger partial charge in [0.1, 0.15) is 5.75 Å². The zero-order valence-electron chi connectivity index (χ0n) is 18.4. The van der Waals surface area contributed by atoms with E-state index in [1.54, 1.807) is 19.2 Å². The predicted molar refractivity (Wildman–Crippen MR) is 122 cm³/mol. The summed E-state index contributed by atoms with van der Waals surface area (Å²) in [4.78, 5) is 13.3. The number of hydrogen-bond acceptors (Lipinski definition) is 7. The van der Waals surface area contributed by atoms with E-state index in [4.69, 9.17) is 9.47 Å². The first-order chi connectivity index (χ1) is 15.6. The van der Waals surface area contributed by atoms with Crippen molar-refractivity contribution in [1.82, 2.24) is 15.0 Å². The second-order valence-electron chi connectivity index (χ2n) is 7.94. The number of aryl methyl sites for hydroxylation is 1. The second-order valence-corrected chi connectivity index (χ2v) is 7.94. The van der Waals surface area contributed by atoms with Crippen molar-refractivity contribution in [1.29, 1.82) is 0 Å². The molecule has 1 heterocycles. The minimum absolute atomic E-state index is 0.0222. The predicted octanol–water partition coefficient (Wildman–Crippen LogP) is 6.00. The summed E-state index contributed by atoms with van der Waals surface area (Å²) in [7, 11) is 1.64. The summed E-state index contributed by atoms with van der Waals surface area (Å²) >= 11 is 0. The van der Waals surface area contributed by atoms with Gasteiger partial charge in [0.25, 0.3) is 0 Å². The Morgan fingerprint density at radius 3 is 2.38 bits per heavy atom. The van der Waals surface area contributed by atoms with Gasteiger partial charge >= 0.3 is 6.01 Å². The summed E-state index contributed by atoms with van der Waals surface area (Å²) in [5.74, 6) is 1.10. The van der Waals surface area contributed by atoms with Crippen LogP contribution in [-0.2, 0) is 0 Å². The maximum absolute atomic E-state index is 14.1. The van der Waals surface area contributed by atoms with Crippen molar-refractivity contribution < 1.29 is 13.9 Å². The molecule has 1 aromatic heterocycles. The highest BCUT2D eigenvalue weighted by atomic mass is 19.1. The summed E-state index contributed by atoms with van der Waals surface area (Å²) in [6.45, 7) is 1.96. The largest absolute Gasteiger partial charge is 0.496 e. The number of rotatable bonds is 7. The van der Waals surface area contributed by atoms with Crippen LogP contribution in [0, 0.1) is 12.7 Å². The SMILES string of the molecule is COc1ccc(Nc2nc(NC3CCCCCC3)nc(Oc3ccccc3F)n2)cc1C. The summed E-state index contributed by atoms with van der Waals surface area (Å²) in [5, 5.41) is 6.62. The van der Waals surface area contributed by atoms with Crippen molar-refractivity contribution in [3.05, 3.63) is 53.8 Å². The number of benzene rings is 2. The first-order valence-corrected chi connectivity index (χ1v) is 11.0. The lowest BCUT2D eigenvalue weighted by Gasteiger charge is -2.17. The average Bonchev–Trinajstić information content (AvgIpc) is 3.04. The Morgan fingerprint density at radius 1 is 0.906 bits per heavy atom. The maximum Gasteiger partial charge on any atom is 0.328 e. The molecule has 1 fully saturated rings. The van der Waals surface area contributed by atoms with Gasteiger partial charge in [0.15, 0.2) is 11.6 Å². The van der Waals surface area contributed by atoms with Crippen LogP contribution in [0.25, 0.3) is 0 Å². The van der Waals surface area contributed by atoms with Crippen molar-refractivity contribution in [3.63, 3.8) is 0 Å². The molecule has 2 N–H and O–H groups in total. The molecule has 0 spiro atoms. The van der Waals surface area contributed by atoms with Crippen LogP contribution in [-0.4, -0.2) is 28.1 Å². The monoisotopic (exact) mass is 437 g/mol. The fourth-order valence-electron chi connectivity index (χ4n) is 3.84. The molecule has 32 heavy (non-hydrogen) atoms. The lowest BCUT2D eigenvalue weighted by atomic mass is 10.1. The van der Waals surface area contributed by atoms with Crippen LogP contribution < -0.4 is 20.1 Å². The third kappa shape index (κ3) is 5.63. The van der Waals surface area contributed by atoms with Gasteiger partial charge in [-0.05, 0) is 55.7 Å². The topological polar surface area (TPSA) is 81.2 Å². The van der Waals surface area contributed by atoms with Gasteiger partial charge < -0.3 is 20.1 Å². The van der Waals surface area contributed by atoms with E-state index in [9.17, 15) is 4.39 Å². The van der Waals surface area contributed by atoms with Gasteiger partial charge in [-0.25, -0.2) is 4.39 Å². The first-order valence-electron chi connectivity index (χ1n) is 11.0. The molecule has 1 aliphatic rings. The van der Waals surface area contributed by atoms with Crippen molar-refractivity contribution in [2.45, 2.75) is 51.5 Å². The van der Waals surface area contributed by atoms with E-state index < -0.39 is 5.82 Å². The Kier molecular flexibility index (Phi) is 6.99. The van der Waals surface area contributed by atoms with Gasteiger partial charge in [0.05, 0.1) is 7.11 Å². The molecule has 7 nitrogen and oxygen atoms in total. The minimum atomic E-state index is -0.480. The van der Waals surface area contributed by atoms with E-state index in [0.717, 1.165) is 29.8 Å². The van der Waals surface area contributed by atoms with Crippen LogP contribution in [0.5, 0.6) is 17.5 Å². The number of aromatic nitrogens is 3. The van der Waals surface area contributed by atoms with Crippen LogP contribution in [0.15, 0.2) is 42.5 Å². The quantitative estimate of drug-likeness (QED) is 0.439. The molecule has 2 aromatic carbocycles. The Morgan fingerprint density at radius 2 is 1.66 bits per heavy atom. The molecule has 0 atom stereocenters. The summed E-state index contributed by atoms with van der Waals surface area (Å²) in [6, 6.07) is 12.2. The van der Waals surface area contributed by atoms with Gasteiger partial charge in [0.2, 0.25) is 11.9 Å². The van der Waals surface area contributed by atoms with Crippen LogP contribution >= 0.6 is 0 Å². The molecule has 0 unspecified atom stereocenters. The van der Waals surface area contributed by atoms with Crippen molar-refractivity contribution in [2.75, 3.05) is 17.7 Å². The number of hydrogen-bond donors (Lipinski definition) is 2. The molecule has 0 amide bonds. The number of methoxy groups -OCH3 is 1. The fourth-order valence-corrected chi connectivity index (χ4v) is 3.84. The molecule has 0 bridgehead atoms. The van der Waals surface area contributed by atoms with Gasteiger partial charge in [0, 0.05) is 11.7 Å². The molecule has 0 saturated heterocycles. The second kappa shape index (κ2) is 10.3.